The van der Waals surface area contributed by atoms with E-state index in [9.17, 15) is 0 Å². The van der Waals surface area contributed by atoms with E-state index in [0.29, 0.717) is 5.92 Å². The maximum Gasteiger partial charge on any atom is 0.0462 e. The van der Waals surface area contributed by atoms with Gasteiger partial charge in [-0.2, -0.15) is 0 Å². The van der Waals surface area contributed by atoms with Gasteiger partial charge in [0.2, 0.25) is 0 Å². The molecule has 0 saturated carbocycles. The van der Waals surface area contributed by atoms with Gasteiger partial charge >= 0.3 is 0 Å². The molecule has 0 radical (unpaired) electrons. The van der Waals surface area contributed by atoms with Crippen LogP contribution in [0.3, 0.4) is 0 Å². The summed E-state index contributed by atoms with van der Waals surface area (Å²) in [6.07, 6.45) is 2.58. The fourth-order valence-corrected chi connectivity index (χ4v) is 11.1. The summed E-state index contributed by atoms with van der Waals surface area (Å²) in [7, 11) is 0. The molecule has 0 heterocycles. The van der Waals surface area contributed by atoms with Crippen LogP contribution in [-0.4, -0.2) is 0 Å². The van der Waals surface area contributed by atoms with Crippen molar-refractivity contribution in [2.75, 3.05) is 4.90 Å². The second kappa shape index (κ2) is 10.7. The fourth-order valence-electron chi connectivity index (χ4n) is 11.1. The van der Waals surface area contributed by atoms with Gasteiger partial charge in [0.25, 0.3) is 0 Å². The van der Waals surface area contributed by atoms with E-state index in [1.54, 1.807) is 0 Å². The van der Waals surface area contributed by atoms with E-state index in [1.807, 2.05) is 0 Å². The van der Waals surface area contributed by atoms with Crippen LogP contribution in [0.2, 0.25) is 0 Å². The fraction of sp³-hybridized carbons (Fsp3) is 0.208. The van der Waals surface area contributed by atoms with Crippen molar-refractivity contribution in [2.24, 2.45) is 5.92 Å². The molecule has 0 fully saturated rings. The molecule has 0 aromatic heterocycles. The first-order chi connectivity index (χ1) is 26.0. The average molecular weight is 696 g/mol. The summed E-state index contributed by atoms with van der Waals surface area (Å²) < 4.78 is 0. The number of nitrogens with zero attached hydrogens (tertiary/aromatic N) is 1. The van der Waals surface area contributed by atoms with Gasteiger partial charge in [-0.25, -0.2) is 0 Å². The quantitative estimate of drug-likeness (QED) is 0.178. The molecule has 4 aliphatic rings. The molecule has 0 spiro atoms. The molecule has 4 aliphatic carbocycles. The molecule has 2 unspecified atom stereocenters. The molecular formula is C53H45N. The van der Waals surface area contributed by atoms with Crippen molar-refractivity contribution < 1.29 is 0 Å². The Hall–Kier alpha value is -5.66. The second-order valence-electron chi connectivity index (χ2n) is 17.8. The number of benzene rings is 7. The molecule has 0 amide bonds. The predicted octanol–water partition coefficient (Wildman–Crippen LogP) is 11.9. The summed E-state index contributed by atoms with van der Waals surface area (Å²) >= 11 is 0. The SMILES string of the molecule is CC1(C)c2ccccc2-c2ccc(N(C3=c4ccccc4=CC4C3c3ccccc3C4(C)C)c3ccc4c(c3)C(C)(C)c3cc5ccccc5cc3-4)cc21. The van der Waals surface area contributed by atoms with Crippen LogP contribution in [-0.2, 0) is 16.2 Å². The summed E-state index contributed by atoms with van der Waals surface area (Å²) in [6.45, 7) is 14.5. The van der Waals surface area contributed by atoms with Crippen molar-refractivity contribution in [3.8, 4) is 22.3 Å². The Bertz CT molecular complexity index is 2880. The monoisotopic (exact) mass is 695 g/mol. The minimum atomic E-state index is -0.147. The Morgan fingerprint density at radius 1 is 0.444 bits per heavy atom. The highest BCUT2D eigenvalue weighted by Gasteiger charge is 2.49. The highest BCUT2D eigenvalue weighted by molar-refractivity contribution is 5.96. The first kappa shape index (κ1) is 31.8. The van der Waals surface area contributed by atoms with Gasteiger partial charge in [-0.1, -0.05) is 157 Å². The highest BCUT2D eigenvalue weighted by Crippen LogP contribution is 2.58. The van der Waals surface area contributed by atoms with Crippen molar-refractivity contribution >= 4 is 33.9 Å². The van der Waals surface area contributed by atoms with Crippen LogP contribution >= 0.6 is 0 Å². The van der Waals surface area contributed by atoms with Gasteiger partial charge in [-0.3, -0.25) is 0 Å². The first-order valence-electron chi connectivity index (χ1n) is 19.7. The lowest BCUT2D eigenvalue weighted by atomic mass is 9.72. The summed E-state index contributed by atoms with van der Waals surface area (Å²) in [5, 5.41) is 5.25. The van der Waals surface area contributed by atoms with Gasteiger partial charge < -0.3 is 4.90 Å². The third-order valence-corrected chi connectivity index (χ3v) is 13.9. The first-order valence-corrected chi connectivity index (χ1v) is 19.7. The molecule has 1 nitrogen and oxygen atoms in total. The lowest BCUT2D eigenvalue weighted by Crippen LogP contribution is -2.42. The van der Waals surface area contributed by atoms with Crippen molar-refractivity contribution in [2.45, 2.75) is 63.7 Å². The molecule has 11 rings (SSSR count). The predicted molar refractivity (Wildman–Crippen MR) is 227 cm³/mol. The van der Waals surface area contributed by atoms with Crippen molar-refractivity contribution in [3.05, 3.63) is 189 Å². The third-order valence-electron chi connectivity index (χ3n) is 13.9. The van der Waals surface area contributed by atoms with Crippen molar-refractivity contribution in [3.63, 3.8) is 0 Å². The highest BCUT2D eigenvalue weighted by atomic mass is 15.2. The number of anilines is 2. The lowest BCUT2D eigenvalue weighted by Gasteiger charge is -2.39. The normalized spacial score (nSPS) is 19.9. The summed E-state index contributed by atoms with van der Waals surface area (Å²) in [4.78, 5) is 2.66. The molecule has 7 aromatic carbocycles. The maximum absolute atomic E-state index is 2.66. The smallest absolute Gasteiger partial charge is 0.0462 e. The molecule has 1 heteroatoms. The van der Waals surface area contributed by atoms with E-state index in [-0.39, 0.29) is 22.2 Å². The average Bonchev–Trinajstić information content (AvgIpc) is 3.66. The standard InChI is InChI=1S/C53H45N/c1-51(2)43-21-13-11-19-38(43)39-25-23-35(30-46(39)51)54(36-24-26-40-42-27-32-15-7-8-16-33(32)28-45(42)53(5,6)47(40)31-36)50-37-18-10-9-17-34(37)29-48-49(50)41-20-12-14-22-44(41)52(48,3)4/h7-31,48-49H,1-6H3. The van der Waals surface area contributed by atoms with Crippen LogP contribution in [0.1, 0.15) is 80.8 Å². The molecule has 0 bridgehead atoms. The van der Waals surface area contributed by atoms with Gasteiger partial charge in [-0.05, 0) is 119 Å². The molecule has 0 saturated heterocycles. The minimum Gasteiger partial charge on any atom is -0.313 e. The summed E-state index contributed by atoms with van der Waals surface area (Å²) in [5.41, 5.74) is 17.5. The van der Waals surface area contributed by atoms with Crippen molar-refractivity contribution in [1.29, 1.82) is 0 Å². The zero-order chi connectivity index (χ0) is 36.7. The number of hydrogen-bond donors (Lipinski definition) is 0. The zero-order valence-electron chi connectivity index (χ0n) is 32.0. The molecule has 262 valence electrons. The second-order valence-corrected chi connectivity index (χ2v) is 17.8. The lowest BCUT2D eigenvalue weighted by molar-refractivity contribution is 0.416. The summed E-state index contributed by atoms with van der Waals surface area (Å²) in [5.74, 6) is 0.522. The van der Waals surface area contributed by atoms with Gasteiger partial charge in [0.15, 0.2) is 0 Å². The van der Waals surface area contributed by atoms with Gasteiger partial charge in [0, 0.05) is 39.0 Å². The van der Waals surface area contributed by atoms with Gasteiger partial charge in [-0.15, -0.1) is 0 Å². The van der Waals surface area contributed by atoms with E-state index in [2.05, 4.69) is 198 Å². The van der Waals surface area contributed by atoms with E-state index in [4.69, 9.17) is 0 Å². The van der Waals surface area contributed by atoms with Crippen LogP contribution in [0.4, 0.5) is 11.4 Å². The zero-order valence-corrected chi connectivity index (χ0v) is 32.0. The van der Waals surface area contributed by atoms with Gasteiger partial charge in [0.05, 0.1) is 0 Å². The van der Waals surface area contributed by atoms with Crippen LogP contribution < -0.4 is 15.3 Å². The van der Waals surface area contributed by atoms with E-state index in [1.165, 1.54) is 93.9 Å². The molecule has 0 N–H and O–H groups in total. The maximum atomic E-state index is 2.66. The van der Waals surface area contributed by atoms with Crippen LogP contribution in [0, 0.1) is 5.92 Å². The largest absolute Gasteiger partial charge is 0.313 e. The molecule has 2 atom stereocenters. The molecule has 7 aromatic rings. The summed E-state index contributed by atoms with van der Waals surface area (Å²) in [6, 6.07) is 55.7. The Kier molecular flexibility index (Phi) is 6.32. The molecule has 0 aliphatic heterocycles. The Labute approximate surface area is 319 Å². The number of hydrogen-bond acceptors (Lipinski definition) is 1. The van der Waals surface area contributed by atoms with E-state index in [0.717, 1.165) is 0 Å². The van der Waals surface area contributed by atoms with Gasteiger partial charge in [0.1, 0.15) is 0 Å². The topological polar surface area (TPSA) is 3.24 Å². The van der Waals surface area contributed by atoms with E-state index >= 15 is 0 Å². The van der Waals surface area contributed by atoms with E-state index < -0.39 is 0 Å². The van der Waals surface area contributed by atoms with Crippen molar-refractivity contribution in [1.82, 2.24) is 0 Å². The van der Waals surface area contributed by atoms with Crippen LogP contribution in [0.25, 0.3) is 44.8 Å². The van der Waals surface area contributed by atoms with Crippen LogP contribution in [0.15, 0.2) is 146 Å². The Morgan fingerprint density at radius 3 is 1.72 bits per heavy atom. The van der Waals surface area contributed by atoms with Crippen LogP contribution in [0.5, 0.6) is 0 Å². The molecular weight excluding hydrogens is 651 g/mol. The minimum absolute atomic E-state index is 0.0170. The molecule has 54 heavy (non-hydrogen) atoms. The Balaban J connectivity index is 1.20. The number of rotatable bonds is 3. The Morgan fingerprint density at radius 2 is 0.981 bits per heavy atom. The third kappa shape index (κ3) is 4.10. The number of fused-ring (bicyclic) bond motifs is 11.